The second-order valence-corrected chi connectivity index (χ2v) is 14.5. The summed E-state index contributed by atoms with van der Waals surface area (Å²) in [4.78, 5) is 0. The average Bonchev–Trinajstić information content (AvgIpc) is 2.29. The van der Waals surface area contributed by atoms with Gasteiger partial charge in [-0.25, -0.2) is 0 Å². The fourth-order valence-corrected chi connectivity index (χ4v) is 6.13. The van der Waals surface area contributed by atoms with Crippen molar-refractivity contribution in [2.75, 3.05) is 6.61 Å². The Morgan fingerprint density at radius 1 is 1.07 bits per heavy atom. The van der Waals surface area contributed by atoms with Crippen molar-refractivity contribution in [2.24, 2.45) is 0 Å². The van der Waals surface area contributed by atoms with Gasteiger partial charge in [0.1, 0.15) is 0 Å². The van der Waals surface area contributed by atoms with Crippen LogP contribution in [0.4, 0.5) is 0 Å². The van der Waals surface area contributed by atoms with Crippen LogP contribution in [0, 0.1) is 0 Å². The predicted molar refractivity (Wildman–Crippen MR) is 71.6 cm³/mol. The summed E-state index contributed by atoms with van der Waals surface area (Å²) in [6.45, 7) is 7.17. The van der Waals surface area contributed by atoms with Gasteiger partial charge in [0, 0.05) is 0 Å². The summed E-state index contributed by atoms with van der Waals surface area (Å²) in [5.74, 6) is 0.950. The van der Waals surface area contributed by atoms with Gasteiger partial charge in [-0.1, -0.05) is 0 Å². The standard InChI is InChI=1S/C12H19AsOS/c1-4-13(15,5-2)11-7-9-12(10-8-11)14-6-3/h7-10H,4-6H2,1-3H3. The van der Waals surface area contributed by atoms with Crippen molar-refractivity contribution in [3.05, 3.63) is 24.3 Å². The minimum atomic E-state index is -1.94. The van der Waals surface area contributed by atoms with Gasteiger partial charge in [-0.2, -0.15) is 0 Å². The van der Waals surface area contributed by atoms with E-state index in [-0.39, 0.29) is 0 Å². The third kappa shape index (κ3) is 3.12. The molecule has 0 saturated carbocycles. The maximum atomic E-state index is 5.81. The van der Waals surface area contributed by atoms with Crippen LogP contribution in [-0.4, -0.2) is 18.5 Å². The summed E-state index contributed by atoms with van der Waals surface area (Å²) >= 11 is -1.94. The van der Waals surface area contributed by atoms with Crippen molar-refractivity contribution >= 4 is 26.6 Å². The Balaban J connectivity index is 2.92. The number of ether oxygens (including phenoxy) is 1. The van der Waals surface area contributed by atoms with E-state index in [9.17, 15) is 0 Å². The monoisotopic (exact) mass is 286 g/mol. The first-order valence-electron chi connectivity index (χ1n) is 5.47. The fraction of sp³-hybridized carbons (Fsp3) is 0.500. The first-order chi connectivity index (χ1) is 7.16. The molecule has 84 valence electrons. The molecule has 0 saturated heterocycles. The van der Waals surface area contributed by atoms with Crippen molar-refractivity contribution in [2.45, 2.75) is 31.2 Å². The van der Waals surface area contributed by atoms with Gasteiger partial charge in [0.15, 0.2) is 0 Å². The molecule has 3 heteroatoms. The number of rotatable bonds is 5. The van der Waals surface area contributed by atoms with Gasteiger partial charge in [0.25, 0.3) is 0 Å². The van der Waals surface area contributed by atoms with Crippen molar-refractivity contribution in [3.8, 4) is 5.75 Å². The average molecular weight is 286 g/mol. The van der Waals surface area contributed by atoms with Gasteiger partial charge >= 0.3 is 99.2 Å². The quantitative estimate of drug-likeness (QED) is 0.766. The minimum absolute atomic E-state index is 0.722. The number of benzene rings is 1. The molecule has 0 aliphatic rings. The van der Waals surface area contributed by atoms with Gasteiger partial charge in [0.05, 0.1) is 0 Å². The van der Waals surface area contributed by atoms with Crippen LogP contribution < -0.4 is 9.09 Å². The van der Waals surface area contributed by atoms with E-state index in [4.69, 9.17) is 15.1 Å². The maximum absolute atomic E-state index is 5.81. The van der Waals surface area contributed by atoms with Gasteiger partial charge in [-0.15, -0.1) is 0 Å². The van der Waals surface area contributed by atoms with E-state index < -0.39 is 11.9 Å². The molecule has 0 unspecified atom stereocenters. The van der Waals surface area contributed by atoms with Gasteiger partial charge in [-0.05, 0) is 0 Å². The zero-order chi connectivity index (χ0) is 11.3. The molecule has 0 spiro atoms. The van der Waals surface area contributed by atoms with Crippen molar-refractivity contribution in [1.29, 1.82) is 0 Å². The molecule has 15 heavy (non-hydrogen) atoms. The van der Waals surface area contributed by atoms with E-state index in [1.54, 1.807) is 0 Å². The van der Waals surface area contributed by atoms with Crippen LogP contribution in [0.25, 0.3) is 0 Å². The summed E-state index contributed by atoms with van der Waals surface area (Å²) < 4.78 is 6.83. The Hall–Kier alpha value is -0.202. The Labute approximate surface area is 99.1 Å². The predicted octanol–water partition coefficient (Wildman–Crippen LogP) is 3.48. The van der Waals surface area contributed by atoms with Crippen LogP contribution in [-0.2, 0) is 0 Å². The van der Waals surface area contributed by atoms with Gasteiger partial charge in [0.2, 0.25) is 0 Å². The molecule has 0 atom stereocenters. The number of hydrogen-bond donors (Lipinski definition) is 0. The van der Waals surface area contributed by atoms with E-state index >= 15 is 0 Å². The summed E-state index contributed by atoms with van der Waals surface area (Å²) in [5, 5.41) is 2.33. The Morgan fingerprint density at radius 3 is 2.00 bits per heavy atom. The van der Waals surface area contributed by atoms with Crippen LogP contribution >= 0.6 is 10.4 Å². The van der Waals surface area contributed by atoms with Gasteiger partial charge in [-0.3, -0.25) is 0 Å². The molecule has 0 aromatic heterocycles. The molecular weight excluding hydrogens is 267 g/mol. The molecule has 0 fully saturated rings. The SMILES string of the molecule is CCOc1ccc([As](=S)(CC)CC)cc1. The molecule has 0 N–H and O–H groups in total. The first-order valence-corrected chi connectivity index (χ1v) is 11.7. The zero-order valence-electron chi connectivity index (χ0n) is 9.69. The van der Waals surface area contributed by atoms with Crippen LogP contribution in [0.5, 0.6) is 5.75 Å². The molecule has 1 aromatic rings. The van der Waals surface area contributed by atoms with Crippen LogP contribution in [0.15, 0.2) is 24.3 Å². The summed E-state index contributed by atoms with van der Waals surface area (Å²) in [6.07, 6.45) is 0. The Kier molecular flexibility index (Phi) is 4.95. The van der Waals surface area contributed by atoms with E-state index in [0.29, 0.717) is 0 Å². The molecule has 0 aliphatic carbocycles. The van der Waals surface area contributed by atoms with Crippen molar-refractivity contribution in [3.63, 3.8) is 0 Å². The molecule has 0 amide bonds. The van der Waals surface area contributed by atoms with Gasteiger partial charge < -0.3 is 0 Å². The fourth-order valence-electron chi connectivity index (χ4n) is 1.57. The summed E-state index contributed by atoms with van der Waals surface area (Å²) in [7, 11) is 5.81. The first kappa shape index (κ1) is 12.9. The molecule has 1 aromatic carbocycles. The normalized spacial score (nSPS) is 11.4. The third-order valence-electron chi connectivity index (χ3n) is 2.64. The van der Waals surface area contributed by atoms with Crippen LogP contribution in [0.2, 0.25) is 10.4 Å². The Bertz CT molecular complexity index is 337. The number of hydrogen-bond acceptors (Lipinski definition) is 2. The van der Waals surface area contributed by atoms with E-state index in [1.165, 1.54) is 4.35 Å². The second-order valence-electron chi connectivity index (χ2n) is 3.45. The molecular formula is C12H19AsOS. The molecule has 1 rings (SSSR count). The second kappa shape index (κ2) is 5.77. The summed E-state index contributed by atoms with van der Waals surface area (Å²) in [5.41, 5.74) is 0. The topological polar surface area (TPSA) is 9.23 Å². The molecule has 0 heterocycles. The van der Waals surface area contributed by atoms with E-state index in [2.05, 4.69) is 26.0 Å². The van der Waals surface area contributed by atoms with Crippen molar-refractivity contribution < 1.29 is 4.74 Å². The Morgan fingerprint density at radius 2 is 1.60 bits per heavy atom. The molecule has 0 aliphatic heterocycles. The van der Waals surface area contributed by atoms with E-state index in [0.717, 1.165) is 22.8 Å². The van der Waals surface area contributed by atoms with Crippen LogP contribution in [0.1, 0.15) is 20.8 Å². The molecule has 0 radical (unpaired) electrons. The van der Waals surface area contributed by atoms with Crippen molar-refractivity contribution in [1.82, 2.24) is 0 Å². The summed E-state index contributed by atoms with van der Waals surface area (Å²) in [6, 6.07) is 8.43. The van der Waals surface area contributed by atoms with Crippen LogP contribution in [0.3, 0.4) is 0 Å². The molecule has 1 nitrogen and oxygen atoms in total. The molecule has 0 bridgehead atoms. The van der Waals surface area contributed by atoms with E-state index in [1.807, 2.05) is 19.1 Å². The zero-order valence-corrected chi connectivity index (χ0v) is 12.4. The third-order valence-corrected chi connectivity index (χ3v) is 13.3.